The topological polar surface area (TPSA) is 16.4 Å². The molecule has 9 aromatic carbocycles. The van der Waals surface area contributed by atoms with Crippen molar-refractivity contribution >= 4 is 60.5 Å². The molecule has 0 aliphatic heterocycles. The van der Waals surface area contributed by atoms with Crippen molar-refractivity contribution in [2.45, 2.75) is 0 Å². The van der Waals surface area contributed by atoms with Crippen LogP contribution in [-0.4, -0.2) is 0 Å². The summed E-state index contributed by atoms with van der Waals surface area (Å²) in [5, 5.41) is 7.07. The zero-order chi connectivity index (χ0) is 34.4. The Hall–Kier alpha value is -6.90. The van der Waals surface area contributed by atoms with Crippen LogP contribution in [0.3, 0.4) is 0 Å². The first-order valence-electron chi connectivity index (χ1n) is 17.7. The number of fused-ring (bicyclic) bond motifs is 5. The molecular weight excluding hydrogens is 631 g/mol. The zero-order valence-corrected chi connectivity index (χ0v) is 28.4. The van der Waals surface area contributed by atoms with Crippen molar-refractivity contribution in [2.75, 3.05) is 4.90 Å². The fraction of sp³-hybridized carbons (Fsp3) is 0. The second-order valence-electron chi connectivity index (χ2n) is 13.4. The molecular formula is C50H33NO. The van der Waals surface area contributed by atoms with E-state index >= 15 is 0 Å². The molecule has 1 heterocycles. The van der Waals surface area contributed by atoms with Crippen LogP contribution in [0.5, 0.6) is 0 Å². The minimum atomic E-state index is 0.875. The molecule has 0 unspecified atom stereocenters. The van der Waals surface area contributed by atoms with Crippen molar-refractivity contribution in [1.82, 2.24) is 0 Å². The van der Waals surface area contributed by atoms with Gasteiger partial charge < -0.3 is 9.32 Å². The summed E-state index contributed by atoms with van der Waals surface area (Å²) in [7, 11) is 0. The first-order valence-corrected chi connectivity index (χ1v) is 17.7. The highest BCUT2D eigenvalue weighted by molar-refractivity contribution is 6.13. The third kappa shape index (κ3) is 5.30. The molecule has 0 amide bonds. The van der Waals surface area contributed by atoms with Crippen LogP contribution < -0.4 is 4.90 Å². The van der Waals surface area contributed by atoms with Crippen LogP contribution in [0.25, 0.3) is 76.9 Å². The number of hydrogen-bond donors (Lipinski definition) is 0. The van der Waals surface area contributed by atoms with Crippen molar-refractivity contribution in [1.29, 1.82) is 0 Å². The Labute approximate surface area is 302 Å². The van der Waals surface area contributed by atoms with E-state index in [-0.39, 0.29) is 0 Å². The minimum absolute atomic E-state index is 0.875. The van der Waals surface area contributed by atoms with E-state index in [4.69, 9.17) is 4.42 Å². The molecule has 0 N–H and O–H groups in total. The van der Waals surface area contributed by atoms with Crippen molar-refractivity contribution < 1.29 is 4.42 Å². The predicted octanol–water partition coefficient (Wildman–Crippen LogP) is 14.4. The first kappa shape index (κ1) is 30.0. The largest absolute Gasteiger partial charge is 0.456 e. The van der Waals surface area contributed by atoms with Gasteiger partial charge in [0.15, 0.2) is 0 Å². The number of benzene rings is 9. The molecule has 1 aromatic heterocycles. The highest BCUT2D eigenvalue weighted by Crippen LogP contribution is 2.44. The van der Waals surface area contributed by atoms with Crippen molar-refractivity contribution in [2.24, 2.45) is 0 Å². The molecule has 0 bridgehead atoms. The number of nitrogens with zero attached hydrogens (tertiary/aromatic N) is 1. The lowest BCUT2D eigenvalue weighted by atomic mass is 9.96. The van der Waals surface area contributed by atoms with Gasteiger partial charge in [-0.1, -0.05) is 140 Å². The molecule has 0 aliphatic rings. The van der Waals surface area contributed by atoms with E-state index < -0.39 is 0 Å². The molecule has 2 nitrogen and oxygen atoms in total. The van der Waals surface area contributed by atoms with Crippen LogP contribution in [0.4, 0.5) is 17.1 Å². The van der Waals surface area contributed by atoms with Crippen LogP contribution >= 0.6 is 0 Å². The Balaban J connectivity index is 1.09. The van der Waals surface area contributed by atoms with E-state index in [9.17, 15) is 0 Å². The van der Waals surface area contributed by atoms with Crippen LogP contribution in [0.2, 0.25) is 0 Å². The first-order chi connectivity index (χ1) is 25.7. The SMILES string of the molecule is c1ccc(-c2cccc(N(c3ccc4cc(-c5ccc6ccc(-c7ccccc7)cc6c5)ccc4c3)c3cccc4oc5ccccc5c34)c2)cc1. The van der Waals surface area contributed by atoms with Crippen LogP contribution in [0.15, 0.2) is 205 Å². The molecule has 0 spiro atoms. The smallest absolute Gasteiger partial charge is 0.137 e. The number of furan rings is 1. The number of para-hydroxylation sites is 1. The lowest BCUT2D eigenvalue weighted by molar-refractivity contribution is 0.669. The molecule has 0 saturated heterocycles. The maximum atomic E-state index is 6.36. The quantitative estimate of drug-likeness (QED) is 0.176. The van der Waals surface area contributed by atoms with Crippen LogP contribution in [0, 0.1) is 0 Å². The Morgan fingerprint density at radius 1 is 0.308 bits per heavy atom. The van der Waals surface area contributed by atoms with Crippen molar-refractivity contribution in [3.05, 3.63) is 200 Å². The Morgan fingerprint density at radius 2 is 0.827 bits per heavy atom. The third-order valence-corrected chi connectivity index (χ3v) is 10.2. The molecule has 10 rings (SSSR count). The van der Waals surface area contributed by atoms with Gasteiger partial charge in [-0.3, -0.25) is 0 Å². The van der Waals surface area contributed by atoms with E-state index in [2.05, 4.69) is 193 Å². The number of hydrogen-bond acceptors (Lipinski definition) is 2. The van der Waals surface area contributed by atoms with Gasteiger partial charge in [-0.05, 0) is 116 Å². The minimum Gasteiger partial charge on any atom is -0.456 e. The summed E-state index contributed by atoms with van der Waals surface area (Å²) in [6, 6.07) is 71.8. The zero-order valence-electron chi connectivity index (χ0n) is 28.4. The van der Waals surface area contributed by atoms with Gasteiger partial charge in [-0.15, -0.1) is 0 Å². The number of anilines is 3. The summed E-state index contributed by atoms with van der Waals surface area (Å²) in [5.74, 6) is 0. The third-order valence-electron chi connectivity index (χ3n) is 10.2. The average Bonchev–Trinajstić information content (AvgIpc) is 3.61. The van der Waals surface area contributed by atoms with Gasteiger partial charge in [0.05, 0.1) is 11.1 Å². The van der Waals surface area contributed by atoms with E-state index in [0.29, 0.717) is 0 Å². The van der Waals surface area contributed by atoms with Gasteiger partial charge in [0.2, 0.25) is 0 Å². The normalized spacial score (nSPS) is 11.5. The summed E-state index contributed by atoms with van der Waals surface area (Å²) >= 11 is 0. The molecule has 0 saturated carbocycles. The monoisotopic (exact) mass is 663 g/mol. The molecule has 52 heavy (non-hydrogen) atoms. The highest BCUT2D eigenvalue weighted by Gasteiger charge is 2.20. The molecule has 0 fully saturated rings. The lowest BCUT2D eigenvalue weighted by Crippen LogP contribution is -2.10. The maximum Gasteiger partial charge on any atom is 0.137 e. The fourth-order valence-electron chi connectivity index (χ4n) is 7.61. The predicted molar refractivity (Wildman–Crippen MR) is 220 cm³/mol. The summed E-state index contributed by atoms with van der Waals surface area (Å²) in [6.45, 7) is 0. The Kier molecular flexibility index (Phi) is 7.18. The van der Waals surface area contributed by atoms with E-state index in [0.717, 1.165) is 39.0 Å². The number of rotatable bonds is 6. The van der Waals surface area contributed by atoms with Gasteiger partial charge in [-0.2, -0.15) is 0 Å². The molecule has 244 valence electrons. The summed E-state index contributed by atoms with van der Waals surface area (Å²) in [4.78, 5) is 2.37. The highest BCUT2D eigenvalue weighted by atomic mass is 16.3. The van der Waals surface area contributed by atoms with E-state index in [1.54, 1.807) is 0 Å². The summed E-state index contributed by atoms with van der Waals surface area (Å²) in [6.07, 6.45) is 0. The molecule has 2 heteroatoms. The standard InChI is InChI=1S/C50H33NO/c1-3-11-34(12-4-1)37-15-9-16-44(32-37)51(47-18-10-20-49-50(47)46-17-7-8-19-48(46)52-49)45-28-27-41-29-39(25-26-42(41)33-45)40-24-22-36-21-23-38(30-43(36)31-40)35-13-5-2-6-14-35/h1-33H. The average molecular weight is 664 g/mol. The van der Waals surface area contributed by atoms with Crippen LogP contribution in [-0.2, 0) is 0 Å². The van der Waals surface area contributed by atoms with Gasteiger partial charge in [0, 0.05) is 16.8 Å². The van der Waals surface area contributed by atoms with E-state index in [1.165, 1.54) is 54.9 Å². The molecule has 0 atom stereocenters. The van der Waals surface area contributed by atoms with Gasteiger partial charge >= 0.3 is 0 Å². The molecule has 0 aliphatic carbocycles. The van der Waals surface area contributed by atoms with E-state index in [1.807, 2.05) is 12.1 Å². The summed E-state index contributed by atoms with van der Waals surface area (Å²) < 4.78 is 6.36. The van der Waals surface area contributed by atoms with Crippen molar-refractivity contribution in [3.8, 4) is 33.4 Å². The molecule has 0 radical (unpaired) electrons. The Morgan fingerprint density at radius 3 is 1.58 bits per heavy atom. The second kappa shape index (κ2) is 12.5. The molecule has 10 aromatic rings. The van der Waals surface area contributed by atoms with Gasteiger partial charge in [0.1, 0.15) is 11.2 Å². The maximum absolute atomic E-state index is 6.36. The fourth-order valence-corrected chi connectivity index (χ4v) is 7.61. The second-order valence-corrected chi connectivity index (χ2v) is 13.4. The summed E-state index contributed by atoms with van der Waals surface area (Å²) in [5.41, 5.74) is 12.2. The van der Waals surface area contributed by atoms with Crippen molar-refractivity contribution in [3.63, 3.8) is 0 Å². The Bertz CT molecular complexity index is 2910. The lowest BCUT2D eigenvalue weighted by Gasteiger charge is -2.27. The van der Waals surface area contributed by atoms with Gasteiger partial charge in [0.25, 0.3) is 0 Å². The van der Waals surface area contributed by atoms with Crippen LogP contribution in [0.1, 0.15) is 0 Å². The van der Waals surface area contributed by atoms with Gasteiger partial charge in [-0.25, -0.2) is 0 Å².